The van der Waals surface area contributed by atoms with Gasteiger partial charge in [-0.2, -0.15) is 0 Å². The molecule has 0 fully saturated rings. The van der Waals surface area contributed by atoms with Gasteiger partial charge in [-0.1, -0.05) is 20.8 Å². The number of ether oxygens (including phenoxy) is 1. The highest BCUT2D eigenvalue weighted by molar-refractivity contribution is 5.95. The van der Waals surface area contributed by atoms with Gasteiger partial charge >= 0.3 is 0 Å². The molecule has 0 bridgehead atoms. The smallest absolute Gasteiger partial charge is 0.257 e. The van der Waals surface area contributed by atoms with Crippen LogP contribution < -0.4 is 10.1 Å². The molecule has 1 rings (SSSR count). The first-order chi connectivity index (χ1) is 10.8. The number of benzene rings is 1. The minimum absolute atomic E-state index is 0.0285. The first kappa shape index (κ1) is 19.2. The van der Waals surface area contributed by atoms with E-state index in [1.807, 2.05) is 21.0 Å². The molecule has 0 aromatic heterocycles. The second-order valence-electron chi connectivity index (χ2n) is 6.17. The van der Waals surface area contributed by atoms with Gasteiger partial charge in [0.15, 0.2) is 12.4 Å². The number of hydrogen-bond donors (Lipinski definition) is 1. The molecule has 0 saturated heterocycles. The van der Waals surface area contributed by atoms with Crippen LogP contribution in [0.1, 0.15) is 37.6 Å². The fraction of sp³-hybridized carbons (Fsp3) is 0.556. The van der Waals surface area contributed by atoms with Gasteiger partial charge < -0.3 is 15.0 Å². The van der Waals surface area contributed by atoms with Crippen molar-refractivity contribution in [1.29, 1.82) is 0 Å². The number of rotatable bonds is 9. The summed E-state index contributed by atoms with van der Waals surface area (Å²) in [5.41, 5.74) is 0.662. The number of hydrogen-bond acceptors (Lipinski definition) is 4. The highest BCUT2D eigenvalue weighted by atomic mass is 16.5. The third-order valence-corrected chi connectivity index (χ3v) is 3.81. The third kappa shape index (κ3) is 6.40. The van der Waals surface area contributed by atoms with Crippen LogP contribution >= 0.6 is 0 Å². The van der Waals surface area contributed by atoms with Crippen molar-refractivity contribution >= 4 is 11.7 Å². The van der Waals surface area contributed by atoms with Gasteiger partial charge in [0.25, 0.3) is 5.91 Å². The van der Waals surface area contributed by atoms with E-state index in [9.17, 15) is 9.59 Å². The van der Waals surface area contributed by atoms with Crippen molar-refractivity contribution < 1.29 is 14.3 Å². The number of nitrogens with one attached hydrogen (secondary N) is 1. The Morgan fingerprint density at radius 2 is 1.78 bits per heavy atom. The van der Waals surface area contributed by atoms with Gasteiger partial charge in [-0.05, 0) is 44.3 Å². The number of Topliss-reactive ketones (excluding diaryl/α,β-unsaturated/α-hetero) is 1. The molecule has 0 radical (unpaired) electrons. The van der Waals surface area contributed by atoms with E-state index in [-0.39, 0.29) is 18.3 Å². The van der Waals surface area contributed by atoms with Gasteiger partial charge in [0.05, 0.1) is 0 Å². The normalized spacial score (nSPS) is 12.3. The molecule has 1 N–H and O–H groups in total. The molecule has 1 atom stereocenters. The van der Waals surface area contributed by atoms with Crippen molar-refractivity contribution in [2.75, 3.05) is 27.2 Å². The first-order valence-electron chi connectivity index (χ1n) is 8.04. The summed E-state index contributed by atoms with van der Waals surface area (Å²) in [7, 11) is 4.01. The lowest BCUT2D eigenvalue weighted by molar-refractivity contribution is -0.123. The van der Waals surface area contributed by atoms with Crippen molar-refractivity contribution in [3.05, 3.63) is 29.8 Å². The lowest BCUT2D eigenvalue weighted by Gasteiger charge is -2.28. The maximum Gasteiger partial charge on any atom is 0.257 e. The number of carbonyl (C=O) groups is 2. The molecule has 0 saturated carbocycles. The van der Waals surface area contributed by atoms with Gasteiger partial charge in [0, 0.05) is 24.6 Å². The molecule has 0 aliphatic carbocycles. The largest absolute Gasteiger partial charge is 0.484 e. The molecule has 1 aromatic carbocycles. The second kappa shape index (κ2) is 9.30. The van der Waals surface area contributed by atoms with Crippen LogP contribution in [0.4, 0.5) is 0 Å². The molecular weight excluding hydrogens is 292 g/mol. The molecule has 5 nitrogen and oxygen atoms in total. The monoisotopic (exact) mass is 320 g/mol. The highest BCUT2D eigenvalue weighted by Crippen LogP contribution is 2.13. The average Bonchev–Trinajstić information content (AvgIpc) is 2.52. The van der Waals surface area contributed by atoms with Crippen molar-refractivity contribution in [2.45, 2.75) is 33.2 Å². The Morgan fingerprint density at radius 1 is 1.17 bits per heavy atom. The maximum absolute atomic E-state index is 11.9. The summed E-state index contributed by atoms with van der Waals surface area (Å²) in [5.74, 6) is 0.986. The van der Waals surface area contributed by atoms with E-state index in [1.54, 1.807) is 24.3 Å². The summed E-state index contributed by atoms with van der Waals surface area (Å²) in [6, 6.07) is 7.16. The molecule has 0 aliphatic rings. The second-order valence-corrected chi connectivity index (χ2v) is 6.17. The number of ketones is 1. The van der Waals surface area contributed by atoms with Crippen LogP contribution in [-0.2, 0) is 4.79 Å². The van der Waals surface area contributed by atoms with Crippen molar-refractivity contribution in [2.24, 2.45) is 5.92 Å². The first-order valence-corrected chi connectivity index (χ1v) is 8.04. The molecule has 5 heteroatoms. The summed E-state index contributed by atoms with van der Waals surface area (Å²) in [6.07, 6.45) is 0.478. The molecule has 1 amide bonds. The Morgan fingerprint density at radius 3 is 2.26 bits per heavy atom. The lowest BCUT2D eigenvalue weighted by atomic mass is 10.0. The van der Waals surface area contributed by atoms with E-state index in [0.717, 1.165) is 0 Å². The minimum atomic E-state index is -0.147. The SMILES string of the molecule is CCC(=O)c1ccc(OCC(=O)NCC(C(C)C)N(C)C)cc1. The summed E-state index contributed by atoms with van der Waals surface area (Å²) in [5, 5.41) is 2.89. The van der Waals surface area contributed by atoms with Gasteiger partial charge in [-0.3, -0.25) is 9.59 Å². The number of carbonyl (C=O) groups excluding carboxylic acids is 2. The Bertz CT molecular complexity index is 502. The number of amides is 1. The van der Waals surface area contributed by atoms with Gasteiger partial charge in [-0.15, -0.1) is 0 Å². The summed E-state index contributed by atoms with van der Waals surface area (Å²) >= 11 is 0. The summed E-state index contributed by atoms with van der Waals surface area (Å²) < 4.78 is 5.45. The zero-order chi connectivity index (χ0) is 17.4. The minimum Gasteiger partial charge on any atom is -0.484 e. The molecule has 0 spiro atoms. The van der Waals surface area contributed by atoms with E-state index in [0.29, 0.717) is 36.2 Å². The standard InChI is InChI=1S/C18H28N2O3/c1-6-17(21)14-7-9-15(10-8-14)23-12-18(22)19-11-16(13(2)3)20(4)5/h7-10,13,16H,6,11-12H2,1-5H3,(H,19,22). The quantitative estimate of drug-likeness (QED) is 0.710. The van der Waals surface area contributed by atoms with Gasteiger partial charge in [0.1, 0.15) is 5.75 Å². The fourth-order valence-electron chi connectivity index (χ4n) is 2.37. The summed E-state index contributed by atoms with van der Waals surface area (Å²) in [4.78, 5) is 25.5. The average molecular weight is 320 g/mol. The third-order valence-electron chi connectivity index (χ3n) is 3.81. The zero-order valence-electron chi connectivity index (χ0n) is 14.8. The van der Waals surface area contributed by atoms with E-state index in [2.05, 4.69) is 24.1 Å². The van der Waals surface area contributed by atoms with Crippen LogP contribution in [0.3, 0.4) is 0 Å². The fourth-order valence-corrected chi connectivity index (χ4v) is 2.37. The van der Waals surface area contributed by atoms with Crippen LogP contribution in [0.5, 0.6) is 5.75 Å². The molecule has 0 aliphatic heterocycles. The highest BCUT2D eigenvalue weighted by Gasteiger charge is 2.16. The molecule has 1 unspecified atom stereocenters. The van der Waals surface area contributed by atoms with E-state index >= 15 is 0 Å². The van der Waals surface area contributed by atoms with Crippen LogP contribution in [-0.4, -0.2) is 49.9 Å². The predicted octanol–water partition coefficient (Wildman–Crippen LogP) is 2.36. The van der Waals surface area contributed by atoms with Crippen LogP contribution in [0.2, 0.25) is 0 Å². The van der Waals surface area contributed by atoms with Crippen LogP contribution in [0, 0.1) is 5.92 Å². The van der Waals surface area contributed by atoms with Crippen molar-refractivity contribution in [1.82, 2.24) is 10.2 Å². The van der Waals surface area contributed by atoms with E-state index in [1.165, 1.54) is 0 Å². The maximum atomic E-state index is 11.9. The Labute approximate surface area is 139 Å². The molecule has 23 heavy (non-hydrogen) atoms. The predicted molar refractivity (Wildman–Crippen MR) is 91.9 cm³/mol. The van der Waals surface area contributed by atoms with Crippen LogP contribution in [0.15, 0.2) is 24.3 Å². The molecule has 0 heterocycles. The van der Waals surface area contributed by atoms with Crippen molar-refractivity contribution in [3.8, 4) is 5.75 Å². The Kier molecular flexibility index (Phi) is 7.75. The number of likely N-dealkylation sites (N-methyl/N-ethyl adjacent to an activating group) is 1. The topological polar surface area (TPSA) is 58.6 Å². The van der Waals surface area contributed by atoms with Gasteiger partial charge in [0.2, 0.25) is 0 Å². The Balaban J connectivity index is 2.42. The van der Waals surface area contributed by atoms with E-state index in [4.69, 9.17) is 4.74 Å². The van der Waals surface area contributed by atoms with Crippen molar-refractivity contribution in [3.63, 3.8) is 0 Å². The van der Waals surface area contributed by atoms with Crippen LogP contribution in [0.25, 0.3) is 0 Å². The Hall–Kier alpha value is -1.88. The van der Waals surface area contributed by atoms with E-state index < -0.39 is 0 Å². The molecule has 1 aromatic rings. The zero-order valence-corrected chi connectivity index (χ0v) is 14.8. The summed E-state index contributed by atoms with van der Waals surface area (Å²) in [6.45, 7) is 6.66. The lowest BCUT2D eigenvalue weighted by Crippen LogP contribution is -2.44. The number of nitrogens with zero attached hydrogens (tertiary/aromatic N) is 1. The molecular formula is C18H28N2O3. The van der Waals surface area contributed by atoms with Gasteiger partial charge in [-0.25, -0.2) is 0 Å². The molecule has 128 valence electrons.